The van der Waals surface area contributed by atoms with Crippen LogP contribution < -0.4 is 16.0 Å². The van der Waals surface area contributed by atoms with E-state index >= 15 is 0 Å². The maximum absolute atomic E-state index is 12.6. The summed E-state index contributed by atoms with van der Waals surface area (Å²) in [6, 6.07) is 7.19. The van der Waals surface area contributed by atoms with Crippen molar-refractivity contribution in [2.75, 3.05) is 6.61 Å². The maximum Gasteiger partial charge on any atom is 0.333 e. The Balaban J connectivity index is 1.82. The van der Waals surface area contributed by atoms with Crippen molar-refractivity contribution in [1.29, 1.82) is 0 Å². The zero-order valence-electron chi connectivity index (χ0n) is 15.3. The molecule has 1 aromatic carbocycles. The van der Waals surface area contributed by atoms with E-state index in [1.54, 1.807) is 19.2 Å². The van der Waals surface area contributed by atoms with E-state index in [0.717, 1.165) is 4.57 Å². The largest absolute Gasteiger partial charge is 0.493 e. The van der Waals surface area contributed by atoms with Crippen LogP contribution in [0.1, 0.15) is 12.5 Å². The summed E-state index contributed by atoms with van der Waals surface area (Å²) in [4.78, 5) is 41.3. The van der Waals surface area contributed by atoms with Crippen molar-refractivity contribution in [2.24, 2.45) is 14.1 Å². The molecule has 0 aliphatic heterocycles. The van der Waals surface area contributed by atoms with Gasteiger partial charge in [0, 0.05) is 19.7 Å². The van der Waals surface area contributed by atoms with Crippen LogP contribution in [-0.4, -0.2) is 31.3 Å². The number of aromatic nitrogens is 4. The number of imidazole rings is 1. The Morgan fingerprint density at radius 2 is 1.93 bits per heavy atom. The Bertz CT molecular complexity index is 1110. The minimum atomic E-state index is -0.693. The summed E-state index contributed by atoms with van der Waals surface area (Å²) in [5.41, 5.74) is 0.00187. The second kappa shape index (κ2) is 7.48. The highest BCUT2D eigenvalue weighted by Crippen LogP contribution is 2.18. The van der Waals surface area contributed by atoms with Crippen molar-refractivity contribution in [3.05, 3.63) is 57.0 Å². The minimum absolute atomic E-state index is 0.0158. The standard InChI is InChI=1S/C18H20N4O5/c1-4-26-13-8-6-5-7-12(13)10-27-14(23)9-22-17(24)15-16(19-11-20(15)2)21(3)18(22)25/h5-8,11H,4,9-10H2,1-3H3. The van der Waals surface area contributed by atoms with Gasteiger partial charge in [0.05, 0.1) is 12.9 Å². The van der Waals surface area contributed by atoms with Crippen LogP contribution >= 0.6 is 0 Å². The number of fused-ring (bicyclic) bond motifs is 1. The predicted molar refractivity (Wildman–Crippen MR) is 97.6 cm³/mol. The molecule has 3 aromatic rings. The number of hydrogen-bond donors (Lipinski definition) is 0. The third-order valence-corrected chi connectivity index (χ3v) is 4.15. The van der Waals surface area contributed by atoms with Gasteiger partial charge in [0.15, 0.2) is 11.2 Å². The molecule has 0 unspecified atom stereocenters. The second-order valence-corrected chi connectivity index (χ2v) is 5.96. The highest BCUT2D eigenvalue weighted by molar-refractivity contribution is 5.72. The quantitative estimate of drug-likeness (QED) is 0.587. The van der Waals surface area contributed by atoms with Gasteiger partial charge >= 0.3 is 11.7 Å². The molecule has 0 bridgehead atoms. The van der Waals surface area contributed by atoms with Crippen molar-refractivity contribution in [1.82, 2.24) is 18.7 Å². The first-order chi connectivity index (χ1) is 12.9. The number of para-hydroxylation sites is 1. The van der Waals surface area contributed by atoms with E-state index in [1.165, 1.54) is 22.5 Å². The summed E-state index contributed by atoms with van der Waals surface area (Å²) in [6.07, 6.45) is 1.44. The van der Waals surface area contributed by atoms with E-state index in [4.69, 9.17) is 9.47 Å². The molecule has 0 saturated carbocycles. The lowest BCUT2D eigenvalue weighted by Gasteiger charge is -2.11. The third-order valence-electron chi connectivity index (χ3n) is 4.15. The number of carbonyl (C=O) groups is 1. The van der Waals surface area contributed by atoms with Crippen LogP contribution in [0.3, 0.4) is 0 Å². The Labute approximate surface area is 154 Å². The molecule has 0 saturated heterocycles. The molecule has 0 N–H and O–H groups in total. The summed E-state index contributed by atoms with van der Waals surface area (Å²) in [5, 5.41) is 0. The number of nitrogens with zero attached hydrogens (tertiary/aromatic N) is 4. The smallest absolute Gasteiger partial charge is 0.333 e. The number of rotatable bonds is 6. The SMILES string of the molecule is CCOc1ccccc1COC(=O)Cn1c(=O)c2c(ncn2C)n(C)c1=O. The van der Waals surface area contributed by atoms with Crippen molar-refractivity contribution >= 4 is 17.1 Å². The fraction of sp³-hybridized carbons (Fsp3) is 0.333. The van der Waals surface area contributed by atoms with Crippen LogP contribution in [-0.2, 0) is 36.8 Å². The molecule has 142 valence electrons. The van der Waals surface area contributed by atoms with Crippen LogP contribution in [0.2, 0.25) is 0 Å². The van der Waals surface area contributed by atoms with Crippen molar-refractivity contribution < 1.29 is 14.3 Å². The molecule has 9 heteroatoms. The first kappa shape index (κ1) is 18.4. The number of aryl methyl sites for hydroxylation is 2. The van der Waals surface area contributed by atoms with Gasteiger partial charge in [-0.25, -0.2) is 14.3 Å². The Morgan fingerprint density at radius 3 is 2.67 bits per heavy atom. The van der Waals surface area contributed by atoms with Gasteiger partial charge in [-0.3, -0.25) is 14.2 Å². The normalized spacial score (nSPS) is 10.9. The second-order valence-electron chi connectivity index (χ2n) is 5.96. The number of benzene rings is 1. The number of esters is 1. The highest BCUT2D eigenvalue weighted by Gasteiger charge is 2.17. The van der Waals surface area contributed by atoms with Crippen LogP contribution in [0.4, 0.5) is 0 Å². The molecule has 0 atom stereocenters. The minimum Gasteiger partial charge on any atom is -0.493 e. The Kier molecular flexibility index (Phi) is 5.11. The van der Waals surface area contributed by atoms with E-state index in [2.05, 4.69) is 4.98 Å². The van der Waals surface area contributed by atoms with Crippen molar-refractivity contribution in [3.63, 3.8) is 0 Å². The number of ether oxygens (including phenoxy) is 2. The lowest BCUT2D eigenvalue weighted by molar-refractivity contribution is -0.145. The molecule has 0 aliphatic rings. The van der Waals surface area contributed by atoms with E-state index in [1.807, 2.05) is 19.1 Å². The summed E-state index contributed by atoms with van der Waals surface area (Å²) >= 11 is 0. The molecular formula is C18H20N4O5. The summed E-state index contributed by atoms with van der Waals surface area (Å²) in [5.74, 6) is -0.0702. The monoisotopic (exact) mass is 372 g/mol. The van der Waals surface area contributed by atoms with Gasteiger partial charge in [0.25, 0.3) is 5.56 Å². The Morgan fingerprint density at radius 1 is 1.19 bits per heavy atom. The van der Waals surface area contributed by atoms with Gasteiger partial charge in [-0.1, -0.05) is 18.2 Å². The molecule has 0 fully saturated rings. The van der Waals surface area contributed by atoms with E-state index < -0.39 is 23.8 Å². The first-order valence-corrected chi connectivity index (χ1v) is 8.41. The fourth-order valence-electron chi connectivity index (χ4n) is 2.79. The van der Waals surface area contributed by atoms with E-state index in [-0.39, 0.29) is 17.8 Å². The van der Waals surface area contributed by atoms with E-state index in [0.29, 0.717) is 17.9 Å². The lowest BCUT2D eigenvalue weighted by Crippen LogP contribution is -2.41. The van der Waals surface area contributed by atoms with Crippen molar-refractivity contribution in [2.45, 2.75) is 20.1 Å². The van der Waals surface area contributed by atoms with Gasteiger partial charge in [-0.2, -0.15) is 0 Å². The van der Waals surface area contributed by atoms with Crippen molar-refractivity contribution in [3.8, 4) is 5.75 Å². The average Bonchev–Trinajstić information content (AvgIpc) is 3.05. The predicted octanol–water partition coefficient (Wildman–Crippen LogP) is 0.576. The van der Waals surface area contributed by atoms with Gasteiger partial charge < -0.3 is 14.0 Å². The fourth-order valence-corrected chi connectivity index (χ4v) is 2.79. The average molecular weight is 372 g/mol. The molecule has 9 nitrogen and oxygen atoms in total. The van der Waals surface area contributed by atoms with Gasteiger partial charge in [0.2, 0.25) is 0 Å². The molecular weight excluding hydrogens is 352 g/mol. The summed E-state index contributed by atoms with van der Waals surface area (Å²) in [6.45, 7) is 1.85. The molecule has 2 aromatic heterocycles. The van der Waals surface area contributed by atoms with Gasteiger partial charge in [-0.15, -0.1) is 0 Å². The third kappa shape index (κ3) is 3.48. The lowest BCUT2D eigenvalue weighted by atomic mass is 10.2. The Hall–Kier alpha value is -3.36. The zero-order chi connectivity index (χ0) is 19.6. The van der Waals surface area contributed by atoms with Gasteiger partial charge in [-0.05, 0) is 13.0 Å². The van der Waals surface area contributed by atoms with Gasteiger partial charge in [0.1, 0.15) is 18.9 Å². The molecule has 27 heavy (non-hydrogen) atoms. The van der Waals surface area contributed by atoms with Crippen LogP contribution in [0.25, 0.3) is 11.2 Å². The molecule has 2 heterocycles. The molecule has 0 spiro atoms. The molecule has 3 rings (SSSR count). The number of carbonyl (C=O) groups excluding carboxylic acids is 1. The van der Waals surface area contributed by atoms with Crippen LogP contribution in [0, 0.1) is 0 Å². The molecule has 0 aliphatic carbocycles. The van der Waals surface area contributed by atoms with Crippen LogP contribution in [0.15, 0.2) is 40.2 Å². The summed E-state index contributed by atoms with van der Waals surface area (Å²) in [7, 11) is 3.14. The van der Waals surface area contributed by atoms with Crippen LogP contribution in [0.5, 0.6) is 5.75 Å². The van der Waals surface area contributed by atoms with E-state index in [9.17, 15) is 14.4 Å². The highest BCUT2D eigenvalue weighted by atomic mass is 16.5. The summed E-state index contributed by atoms with van der Waals surface area (Å²) < 4.78 is 14.3. The molecule has 0 radical (unpaired) electrons. The maximum atomic E-state index is 12.6. The topological polar surface area (TPSA) is 97.3 Å². The molecule has 0 amide bonds. The zero-order valence-corrected chi connectivity index (χ0v) is 15.3. The number of hydrogen-bond acceptors (Lipinski definition) is 6. The first-order valence-electron chi connectivity index (χ1n) is 8.41.